The number of hydrogen-bond acceptors (Lipinski definition) is 10. The molecule has 2 saturated carbocycles. The third-order valence-electron chi connectivity index (χ3n) is 6.30. The number of halogens is 1. The number of nitrogens with zero attached hydrogens (tertiary/aromatic N) is 5. The molecule has 0 saturated heterocycles. The molecule has 5 rings (SSSR count). The van der Waals surface area contributed by atoms with Gasteiger partial charge < -0.3 is 25.4 Å². The van der Waals surface area contributed by atoms with Gasteiger partial charge >= 0.3 is 0 Å². The summed E-state index contributed by atoms with van der Waals surface area (Å²) >= 11 is 1.32. The van der Waals surface area contributed by atoms with Crippen molar-refractivity contribution >= 4 is 28.7 Å². The highest BCUT2D eigenvalue weighted by Crippen LogP contribution is 2.44. The predicted molar refractivity (Wildman–Crippen MR) is 133 cm³/mol. The largest absolute Gasteiger partial charge is 0.394 e. The molecule has 4 N–H and O–H groups in total. The van der Waals surface area contributed by atoms with Crippen molar-refractivity contribution in [2.45, 2.75) is 74.5 Å². The van der Waals surface area contributed by atoms with Gasteiger partial charge in [0.1, 0.15) is 18.0 Å². The average molecular weight is 524 g/mol. The Hall–Kier alpha value is -2.38. The molecule has 10 nitrogen and oxygen atoms in total. The van der Waals surface area contributed by atoms with Crippen LogP contribution < -0.4 is 5.32 Å². The number of hydrogen-bond donors (Lipinski definition) is 4. The lowest BCUT2D eigenvalue weighted by Crippen LogP contribution is -2.33. The van der Waals surface area contributed by atoms with Crippen LogP contribution in [0.15, 0.2) is 23.4 Å². The highest BCUT2D eigenvalue weighted by atomic mass is 32.2. The summed E-state index contributed by atoms with van der Waals surface area (Å²) in [4.78, 5) is 9.04. The normalized spacial score (nSPS) is 33.5. The molecule has 12 heteroatoms. The maximum absolute atomic E-state index is 14.3. The Bertz CT molecular complexity index is 1450. The number of rotatable bonds is 10. The minimum Gasteiger partial charge on any atom is -0.394 e. The van der Waals surface area contributed by atoms with Crippen LogP contribution in [0.5, 0.6) is 0 Å². The van der Waals surface area contributed by atoms with Crippen molar-refractivity contribution in [1.29, 1.82) is 0 Å². The van der Waals surface area contributed by atoms with Crippen LogP contribution in [-0.2, 0) is 4.74 Å². The molecule has 2 fully saturated rings. The number of fused-ring (bicyclic) bond motifs is 1. The second kappa shape index (κ2) is 10.5. The third-order valence-corrected chi connectivity index (χ3v) is 7.35. The van der Waals surface area contributed by atoms with E-state index in [1.54, 1.807) is 19.1 Å². The molecule has 0 unspecified atom stereocenters. The fraction of sp³-hybridized carbons (Fsp3) is 0.583. The molecule has 36 heavy (non-hydrogen) atoms. The van der Waals surface area contributed by atoms with Gasteiger partial charge in [0.15, 0.2) is 22.1 Å². The first-order chi connectivity index (χ1) is 19.2. The van der Waals surface area contributed by atoms with E-state index in [-0.39, 0.29) is 23.4 Å². The number of nitrogens with one attached hydrogen (secondary N) is 1. The van der Waals surface area contributed by atoms with Gasteiger partial charge in [-0.15, -0.1) is 5.10 Å². The van der Waals surface area contributed by atoms with Crippen molar-refractivity contribution in [2.75, 3.05) is 24.2 Å². The standard InChI is InChI=1S/C24H31FN6O4S/c1-3-8-36-24-27-22(26-16-10-14(16)13-5-4-12(2)15(25)9-13)19-23(28-24)31(30-29-19)17-11-18(35-7-6-32)21(34)20(17)33/h4-5,9,14,16-18,20-21,32-34H,3,6-8,10-11H2,1-2H3,(H,26,27,28)/t14-,16+,17+,18-,20-,21+/m0/s1/i6D2,10D2,16D. The third kappa shape index (κ3) is 4.92. The number of aliphatic hydroxyl groups excluding tert-OH is 2. The molecule has 0 radical (unpaired) electrons. The van der Waals surface area contributed by atoms with Gasteiger partial charge in [0.25, 0.3) is 0 Å². The van der Waals surface area contributed by atoms with E-state index in [4.69, 9.17) is 11.6 Å². The zero-order valence-corrected chi connectivity index (χ0v) is 20.5. The number of aromatic nitrogens is 5. The topological polar surface area (TPSA) is 138 Å². The minimum absolute atomic E-state index is 0.00701. The van der Waals surface area contributed by atoms with Gasteiger partial charge in [-0.05, 0) is 36.9 Å². The Morgan fingerprint density at radius 1 is 1.36 bits per heavy atom. The van der Waals surface area contributed by atoms with Gasteiger partial charge in [0.05, 0.1) is 29.4 Å². The van der Waals surface area contributed by atoms with E-state index in [2.05, 4.69) is 25.6 Å². The van der Waals surface area contributed by atoms with Gasteiger partial charge in [0.2, 0.25) is 0 Å². The zero-order chi connectivity index (χ0) is 29.9. The Labute approximate surface area is 219 Å². The smallest absolute Gasteiger partial charge is 0.191 e. The molecule has 2 aromatic heterocycles. The molecular formula is C24H31FN6O4S. The van der Waals surface area contributed by atoms with Gasteiger partial charge in [0, 0.05) is 26.9 Å². The van der Waals surface area contributed by atoms with Crippen LogP contribution >= 0.6 is 11.8 Å². The highest BCUT2D eigenvalue weighted by Gasteiger charge is 2.45. The fourth-order valence-electron chi connectivity index (χ4n) is 4.29. The minimum atomic E-state index is -2.62. The monoisotopic (exact) mass is 523 g/mol. The molecule has 2 aliphatic rings. The van der Waals surface area contributed by atoms with Gasteiger partial charge in [-0.1, -0.05) is 36.0 Å². The molecule has 0 bridgehead atoms. The molecule has 0 spiro atoms. The van der Waals surface area contributed by atoms with Gasteiger partial charge in [-0.25, -0.2) is 19.0 Å². The van der Waals surface area contributed by atoms with Crippen molar-refractivity contribution in [3.8, 4) is 0 Å². The molecule has 0 aliphatic heterocycles. The maximum atomic E-state index is 14.3. The summed E-state index contributed by atoms with van der Waals surface area (Å²) in [6, 6.07) is 1.59. The van der Waals surface area contributed by atoms with E-state index in [0.717, 1.165) is 6.42 Å². The van der Waals surface area contributed by atoms with Gasteiger partial charge in [-0.2, -0.15) is 0 Å². The highest BCUT2D eigenvalue weighted by molar-refractivity contribution is 7.99. The number of anilines is 1. The lowest BCUT2D eigenvalue weighted by Gasteiger charge is -2.17. The van der Waals surface area contributed by atoms with E-state index in [1.807, 2.05) is 6.92 Å². The quantitative estimate of drug-likeness (QED) is 0.231. The molecule has 2 heterocycles. The molecule has 6 atom stereocenters. The van der Waals surface area contributed by atoms with Crippen LogP contribution in [0, 0.1) is 12.7 Å². The summed E-state index contributed by atoms with van der Waals surface area (Å²) in [6.07, 6.45) is -5.05. The first-order valence-electron chi connectivity index (χ1n) is 14.2. The number of thioether (sulfide) groups is 1. The summed E-state index contributed by atoms with van der Waals surface area (Å²) in [7, 11) is 0. The van der Waals surface area contributed by atoms with Crippen molar-refractivity contribution in [2.24, 2.45) is 0 Å². The molecule has 1 aromatic carbocycles. The Morgan fingerprint density at radius 3 is 2.94 bits per heavy atom. The van der Waals surface area contributed by atoms with Crippen molar-refractivity contribution in [3.63, 3.8) is 0 Å². The SMILES string of the molecule is [2H]C([2H])(O)CO[C@H]1C[C@@H](n2nnc3c(N[C@@]4([2H])[C@H](c5ccc(C)c(F)c5)C4([2H])[2H])nc(SCCC)nc32)[C@H](O)[C@@H]1O. The van der Waals surface area contributed by atoms with E-state index in [1.165, 1.54) is 22.5 Å². The van der Waals surface area contributed by atoms with Crippen LogP contribution in [0.4, 0.5) is 10.2 Å². The Balaban J connectivity index is 1.49. The lowest BCUT2D eigenvalue weighted by atomic mass is 10.1. The number of aliphatic hydroxyl groups is 3. The van der Waals surface area contributed by atoms with E-state index in [9.17, 15) is 19.7 Å². The average Bonchev–Trinajstić information content (AvgIpc) is 3.19. The fourth-order valence-corrected chi connectivity index (χ4v) is 4.98. The van der Waals surface area contributed by atoms with Crippen LogP contribution in [0.25, 0.3) is 11.2 Å². The van der Waals surface area contributed by atoms with Crippen LogP contribution in [0.1, 0.15) is 56.1 Å². The lowest BCUT2D eigenvalue weighted by molar-refractivity contribution is -0.0629. The molecular weight excluding hydrogens is 487 g/mol. The van der Waals surface area contributed by atoms with Crippen molar-refractivity contribution in [3.05, 3.63) is 35.1 Å². The summed E-state index contributed by atoms with van der Waals surface area (Å²) in [5, 5.41) is 42.1. The molecule has 2 aliphatic carbocycles. The summed E-state index contributed by atoms with van der Waals surface area (Å²) in [6.45, 7) is 0.247. The van der Waals surface area contributed by atoms with E-state index in [0.29, 0.717) is 22.0 Å². The van der Waals surface area contributed by atoms with Crippen molar-refractivity contribution in [1.82, 2.24) is 25.0 Å². The number of ether oxygens (including phenoxy) is 1. The molecule has 194 valence electrons. The Morgan fingerprint density at radius 2 is 2.19 bits per heavy atom. The van der Waals surface area contributed by atoms with Crippen LogP contribution in [0.2, 0.25) is 0 Å². The zero-order valence-electron chi connectivity index (χ0n) is 24.7. The first kappa shape index (κ1) is 19.7. The maximum Gasteiger partial charge on any atom is 0.191 e. The van der Waals surface area contributed by atoms with E-state index >= 15 is 0 Å². The first-order valence-corrected chi connectivity index (χ1v) is 12.7. The molecule has 0 amide bonds. The second-order valence-electron chi connectivity index (χ2n) is 8.83. The van der Waals surface area contributed by atoms with Gasteiger partial charge in [-0.3, -0.25) is 0 Å². The summed E-state index contributed by atoms with van der Waals surface area (Å²) in [5.41, 5.74) is 1.01. The predicted octanol–water partition coefficient (Wildman–Crippen LogP) is 2.18. The van der Waals surface area contributed by atoms with Crippen LogP contribution in [0.3, 0.4) is 0 Å². The number of benzene rings is 1. The number of aryl methyl sites for hydroxylation is 1. The summed E-state index contributed by atoms with van der Waals surface area (Å²) < 4.78 is 61.4. The second-order valence-corrected chi connectivity index (χ2v) is 9.89. The summed E-state index contributed by atoms with van der Waals surface area (Å²) in [5.74, 6) is -0.792. The van der Waals surface area contributed by atoms with E-state index < -0.39 is 61.6 Å². The van der Waals surface area contributed by atoms with Crippen molar-refractivity contribution < 1.29 is 31.3 Å². The Kier molecular flexibility index (Phi) is 5.77. The van der Waals surface area contributed by atoms with Crippen LogP contribution in [-0.4, -0.2) is 83.5 Å². The molecule has 3 aromatic rings.